The van der Waals surface area contributed by atoms with E-state index in [0.717, 1.165) is 5.56 Å². The van der Waals surface area contributed by atoms with Gasteiger partial charge in [-0.25, -0.2) is 4.98 Å². The van der Waals surface area contributed by atoms with Crippen molar-refractivity contribution in [2.75, 3.05) is 0 Å². The highest BCUT2D eigenvalue weighted by Gasteiger charge is 2.45. The number of benzene rings is 2. The van der Waals surface area contributed by atoms with Crippen molar-refractivity contribution in [1.82, 2.24) is 20.6 Å². The van der Waals surface area contributed by atoms with Crippen molar-refractivity contribution >= 4 is 35.1 Å². The molecular weight excluding hydrogens is 563 g/mol. The Kier molecular flexibility index (Phi) is 12.4. The lowest BCUT2D eigenvalue weighted by Crippen LogP contribution is -2.52. The smallest absolute Gasteiger partial charge is 0.364 e. The van der Waals surface area contributed by atoms with Crippen LogP contribution in [0.5, 0.6) is 0 Å². The lowest BCUT2D eigenvalue weighted by molar-refractivity contribution is -0.175. The summed E-state index contributed by atoms with van der Waals surface area (Å²) in [7, 11) is 0. The van der Waals surface area contributed by atoms with E-state index in [1.807, 2.05) is 0 Å². The second-order valence-electron chi connectivity index (χ2n) is 9.09. The number of rotatable bonds is 10. The quantitative estimate of drug-likeness (QED) is 0.325. The minimum atomic E-state index is -5.09. The van der Waals surface area contributed by atoms with Gasteiger partial charge >= 0.3 is 6.18 Å². The van der Waals surface area contributed by atoms with Crippen LogP contribution in [0.1, 0.15) is 47.9 Å². The van der Waals surface area contributed by atoms with Gasteiger partial charge in [-0.15, -0.1) is 0 Å². The van der Waals surface area contributed by atoms with E-state index in [1.165, 1.54) is 32.4 Å². The van der Waals surface area contributed by atoms with E-state index in [0.29, 0.717) is 17.0 Å². The van der Waals surface area contributed by atoms with E-state index in [-0.39, 0.29) is 12.1 Å². The van der Waals surface area contributed by atoms with Crippen LogP contribution in [-0.2, 0) is 20.8 Å². The van der Waals surface area contributed by atoms with Crippen LogP contribution in [0.2, 0.25) is 5.02 Å². The van der Waals surface area contributed by atoms with Crippen LogP contribution in [0.15, 0.2) is 73.2 Å². The number of carbonyl (C=O) groups excluding carboxylic acids is 4. The van der Waals surface area contributed by atoms with Crippen LogP contribution in [0.3, 0.4) is 0 Å². The van der Waals surface area contributed by atoms with Gasteiger partial charge in [0, 0.05) is 23.8 Å². The number of nitrogens with zero attached hydrogens (tertiary/aromatic N) is 2. The van der Waals surface area contributed by atoms with E-state index in [2.05, 4.69) is 20.6 Å². The number of nitrogens with two attached hydrogens (primary N) is 1. The molecule has 0 aliphatic rings. The third kappa shape index (κ3) is 11.0. The third-order valence-corrected chi connectivity index (χ3v) is 5.81. The number of ketones is 1. The molecule has 0 radical (unpaired) electrons. The van der Waals surface area contributed by atoms with Crippen LogP contribution in [0.4, 0.5) is 13.2 Å². The number of Topliss-reactive ketones (excluding diaryl/α,β-unsaturated/α-hetero) is 1. The number of hydrogen-bond donors (Lipinski definition) is 3. The van der Waals surface area contributed by atoms with Gasteiger partial charge in [0.2, 0.25) is 11.8 Å². The van der Waals surface area contributed by atoms with Gasteiger partial charge in [0.1, 0.15) is 11.7 Å². The van der Waals surface area contributed by atoms with Crippen LogP contribution < -0.4 is 16.4 Å². The molecule has 41 heavy (non-hydrogen) atoms. The fourth-order valence-corrected chi connectivity index (χ4v) is 3.72. The van der Waals surface area contributed by atoms with E-state index in [4.69, 9.17) is 17.3 Å². The summed E-state index contributed by atoms with van der Waals surface area (Å²) in [4.78, 5) is 54.8. The minimum absolute atomic E-state index is 0.0338. The van der Waals surface area contributed by atoms with Crippen LogP contribution in [0, 0.1) is 5.92 Å². The highest BCUT2D eigenvalue weighted by molar-refractivity contribution is 6.30. The van der Waals surface area contributed by atoms with Crippen LogP contribution >= 0.6 is 11.6 Å². The fourth-order valence-electron chi connectivity index (χ4n) is 3.50. The molecule has 0 fully saturated rings. The van der Waals surface area contributed by atoms with Gasteiger partial charge in [-0.2, -0.15) is 13.2 Å². The van der Waals surface area contributed by atoms with Crippen LogP contribution in [0.25, 0.3) is 0 Å². The molecule has 0 bridgehead atoms. The Bertz CT molecular complexity index is 1330. The molecule has 13 heteroatoms. The molecule has 1 heterocycles. The van der Waals surface area contributed by atoms with Gasteiger partial charge in [-0.05, 0) is 35.6 Å². The van der Waals surface area contributed by atoms with Crippen molar-refractivity contribution < 1.29 is 32.3 Å². The van der Waals surface area contributed by atoms with E-state index >= 15 is 0 Å². The van der Waals surface area contributed by atoms with E-state index in [9.17, 15) is 32.3 Å². The number of hydrogen-bond acceptors (Lipinski definition) is 6. The molecule has 1 unspecified atom stereocenters. The molecule has 4 N–H and O–H groups in total. The van der Waals surface area contributed by atoms with E-state index in [1.54, 1.807) is 54.6 Å². The summed E-state index contributed by atoms with van der Waals surface area (Å²) >= 11 is 5.94. The first-order valence-corrected chi connectivity index (χ1v) is 12.7. The normalized spacial score (nSPS) is 12.4. The van der Waals surface area contributed by atoms with Crippen molar-refractivity contribution in [3.05, 3.63) is 95.0 Å². The summed E-state index contributed by atoms with van der Waals surface area (Å²) in [5, 5.41) is 5.26. The molecule has 0 aliphatic heterocycles. The van der Waals surface area contributed by atoms with Crippen molar-refractivity contribution in [2.45, 2.75) is 44.9 Å². The lowest BCUT2D eigenvalue weighted by Gasteiger charge is -2.26. The van der Waals surface area contributed by atoms with Gasteiger partial charge < -0.3 is 16.4 Å². The number of carbonyl (C=O) groups is 4. The predicted molar refractivity (Wildman–Crippen MR) is 145 cm³/mol. The molecule has 9 nitrogen and oxygen atoms in total. The number of aromatic nitrogens is 2. The molecule has 3 aromatic rings. The van der Waals surface area contributed by atoms with Crippen molar-refractivity contribution in [2.24, 2.45) is 11.7 Å². The fraction of sp³-hybridized carbons (Fsp3) is 0.286. The molecule has 218 valence electrons. The number of nitrogens with one attached hydrogen (secondary N) is 2. The summed E-state index contributed by atoms with van der Waals surface area (Å²) in [5.74, 6) is -4.77. The maximum Gasteiger partial charge on any atom is 0.452 e. The van der Waals surface area contributed by atoms with E-state index < -0.39 is 47.7 Å². The average molecular weight is 592 g/mol. The zero-order valence-electron chi connectivity index (χ0n) is 22.2. The van der Waals surface area contributed by atoms with Gasteiger partial charge in [-0.3, -0.25) is 24.2 Å². The molecule has 1 aromatic heterocycles. The van der Waals surface area contributed by atoms with Gasteiger partial charge in [-0.1, -0.05) is 67.9 Å². The summed E-state index contributed by atoms with van der Waals surface area (Å²) < 4.78 is 38.9. The number of primary amides is 1. The molecule has 2 atom stereocenters. The zero-order valence-corrected chi connectivity index (χ0v) is 22.9. The Morgan fingerprint density at radius 3 is 2.17 bits per heavy atom. The Hall–Kier alpha value is -4.32. The maximum atomic E-state index is 13.0. The number of halogens is 4. The average Bonchev–Trinajstić information content (AvgIpc) is 2.93. The maximum absolute atomic E-state index is 13.0. The number of aryl methyl sites for hydroxylation is 1. The lowest BCUT2D eigenvalue weighted by atomic mass is 9.98. The SMILES string of the molecule is CC(C)[C@H](NC(=O)C(NC(=O)CCc1cccc(Cl)c1)c1ccccc1)C(=O)C(F)(F)F.NC(=O)c1cnccn1. The van der Waals surface area contributed by atoms with Crippen molar-refractivity contribution in [3.8, 4) is 0 Å². The standard InChI is InChI=1S/C23H24ClF3N2O3.C5H5N3O/c1-14(2)19(21(31)23(25,26)27)29-22(32)20(16-8-4-3-5-9-16)28-18(30)12-11-15-7-6-10-17(24)13-15;6-5(9)4-3-7-1-2-8-4/h3-10,13-14,19-20H,11-12H2,1-2H3,(H,28,30)(H,29,32);1-3H,(H2,6,9)/t19-,20?;/m0./s1. The highest BCUT2D eigenvalue weighted by atomic mass is 35.5. The number of alkyl halides is 3. The molecule has 3 rings (SSSR count). The van der Waals surface area contributed by atoms with Gasteiger partial charge in [0.05, 0.1) is 12.2 Å². The summed E-state index contributed by atoms with van der Waals surface area (Å²) in [6.45, 7) is 2.80. The first kappa shape index (κ1) is 32.9. The summed E-state index contributed by atoms with van der Waals surface area (Å²) in [6.07, 6.45) is -0.484. The van der Waals surface area contributed by atoms with Gasteiger partial charge in [0.25, 0.3) is 11.7 Å². The molecule has 0 spiro atoms. The van der Waals surface area contributed by atoms with Gasteiger partial charge in [0.15, 0.2) is 0 Å². The Labute approximate surface area is 239 Å². The van der Waals surface area contributed by atoms with Crippen molar-refractivity contribution in [1.29, 1.82) is 0 Å². The second kappa shape index (κ2) is 15.5. The second-order valence-corrected chi connectivity index (χ2v) is 9.52. The predicted octanol–water partition coefficient (Wildman–Crippen LogP) is 3.98. The Morgan fingerprint density at radius 1 is 0.976 bits per heavy atom. The topological polar surface area (TPSA) is 144 Å². The molecule has 0 saturated carbocycles. The Balaban J connectivity index is 0.000000553. The first-order chi connectivity index (χ1) is 19.3. The molecular formula is C28H29ClF3N5O4. The molecule has 3 amide bonds. The first-order valence-electron chi connectivity index (χ1n) is 12.4. The van der Waals surface area contributed by atoms with Crippen molar-refractivity contribution in [3.63, 3.8) is 0 Å². The summed E-state index contributed by atoms with van der Waals surface area (Å²) in [6, 6.07) is 12.0. The highest BCUT2D eigenvalue weighted by Crippen LogP contribution is 2.22. The largest absolute Gasteiger partial charge is 0.452 e. The molecule has 0 saturated heterocycles. The summed E-state index contributed by atoms with van der Waals surface area (Å²) in [5.41, 5.74) is 6.27. The van der Waals surface area contributed by atoms with Crippen LogP contribution in [-0.4, -0.2) is 45.7 Å². The Morgan fingerprint density at radius 2 is 1.66 bits per heavy atom. The monoisotopic (exact) mass is 591 g/mol. The number of amides is 3. The zero-order chi connectivity index (χ0) is 30.6. The third-order valence-electron chi connectivity index (χ3n) is 5.57. The molecule has 2 aromatic carbocycles. The molecule has 0 aliphatic carbocycles. The minimum Gasteiger partial charge on any atom is -0.364 e.